The minimum Gasteiger partial charge on any atom is -0.462 e. The van der Waals surface area contributed by atoms with Crippen LogP contribution in [0.5, 0.6) is 0 Å². The third kappa shape index (κ3) is 70.3. The number of aliphatic hydroxyl groups excluding tert-OH is 1. The van der Waals surface area contributed by atoms with Crippen molar-refractivity contribution in [2.45, 2.75) is 407 Å². The first-order valence-corrected chi connectivity index (χ1v) is 42.3. The molecule has 17 nitrogen and oxygen atoms in total. The molecular formula is C76H148O17P2. The molecule has 95 heavy (non-hydrogen) atoms. The molecule has 0 saturated carbocycles. The van der Waals surface area contributed by atoms with Crippen molar-refractivity contribution in [3.63, 3.8) is 0 Å². The second-order valence-electron chi connectivity index (χ2n) is 28.8. The topological polar surface area (TPSA) is 237 Å². The van der Waals surface area contributed by atoms with Crippen LogP contribution in [0.3, 0.4) is 0 Å². The van der Waals surface area contributed by atoms with Gasteiger partial charge in [0, 0.05) is 25.7 Å². The highest BCUT2D eigenvalue weighted by molar-refractivity contribution is 7.47. The fraction of sp³-hybridized carbons (Fsp3) is 0.947. The van der Waals surface area contributed by atoms with Crippen LogP contribution in [0.2, 0.25) is 0 Å². The maximum atomic E-state index is 13.1. The van der Waals surface area contributed by atoms with Gasteiger partial charge in [0.25, 0.3) is 0 Å². The van der Waals surface area contributed by atoms with Crippen LogP contribution in [0, 0.1) is 17.8 Å². The standard InChI is InChI=1S/C76H148O17P2/c1-8-9-10-11-12-36-43-50-57-73(78)86-63-71(93-76(81)60-53-46-39-32-31-35-42-49-56-69(6)7)65-90-94(82,83)88-61-70(77)62-89-95(84,85)91-66-72(64-87-74(79)58-51-44-37-29-25-22-21-24-28-34-41-48-55-68(4)5)92-75(80)59-52-45-38-30-26-20-18-16-14-13-15-17-19-23-27-33-40-47-54-67(2)3/h67-72,77H,8-66H2,1-7H3,(H,82,83)(H,84,85)/t70-,71+,72+/m0/s1. The number of hydrogen-bond acceptors (Lipinski definition) is 15. The molecule has 0 amide bonds. The van der Waals surface area contributed by atoms with Gasteiger partial charge in [0.15, 0.2) is 12.2 Å². The number of esters is 4. The van der Waals surface area contributed by atoms with E-state index in [9.17, 15) is 43.2 Å². The number of rotatable bonds is 74. The molecule has 0 spiro atoms. The highest BCUT2D eigenvalue weighted by Gasteiger charge is 2.30. The van der Waals surface area contributed by atoms with Gasteiger partial charge in [-0.05, 0) is 43.4 Å². The van der Waals surface area contributed by atoms with Crippen LogP contribution in [-0.4, -0.2) is 96.7 Å². The largest absolute Gasteiger partial charge is 0.472 e. The number of ether oxygens (including phenoxy) is 4. The van der Waals surface area contributed by atoms with Gasteiger partial charge in [-0.2, -0.15) is 0 Å². The smallest absolute Gasteiger partial charge is 0.462 e. The minimum absolute atomic E-state index is 0.104. The highest BCUT2D eigenvalue weighted by atomic mass is 31.2. The molecule has 0 radical (unpaired) electrons. The summed E-state index contributed by atoms with van der Waals surface area (Å²) >= 11 is 0. The SMILES string of the molecule is CCCCCCCCCCC(=O)OC[C@H](COP(=O)(O)OC[C@H](O)COP(=O)(O)OC[C@@H](COC(=O)CCCCCCCCCCCCCCC(C)C)OC(=O)CCCCCCCCCCCCCCCCCCCCC(C)C)OC(=O)CCCCCCCCCCC(C)C. The fourth-order valence-corrected chi connectivity index (χ4v) is 13.2. The lowest BCUT2D eigenvalue weighted by atomic mass is 10.0. The predicted octanol–water partition coefficient (Wildman–Crippen LogP) is 22.2. The maximum Gasteiger partial charge on any atom is 0.472 e. The Hall–Kier alpha value is -1.94. The summed E-state index contributed by atoms with van der Waals surface area (Å²) in [6, 6.07) is 0. The van der Waals surface area contributed by atoms with Gasteiger partial charge in [0.1, 0.15) is 19.3 Å². The molecule has 0 fully saturated rings. The normalized spacial score (nSPS) is 14.1. The van der Waals surface area contributed by atoms with E-state index in [-0.39, 0.29) is 25.7 Å². The maximum absolute atomic E-state index is 13.1. The Bertz CT molecular complexity index is 1850. The van der Waals surface area contributed by atoms with Crippen molar-refractivity contribution in [1.29, 1.82) is 0 Å². The van der Waals surface area contributed by atoms with E-state index in [0.717, 1.165) is 114 Å². The fourth-order valence-electron chi connectivity index (χ4n) is 11.6. The second kappa shape index (κ2) is 66.6. The molecule has 0 heterocycles. The summed E-state index contributed by atoms with van der Waals surface area (Å²) in [5.74, 6) is 0.198. The number of carbonyl (C=O) groups is 4. The minimum atomic E-state index is -4.96. The first-order chi connectivity index (χ1) is 45.7. The van der Waals surface area contributed by atoms with Crippen LogP contribution in [0.4, 0.5) is 0 Å². The zero-order chi connectivity index (χ0) is 70.1. The third-order valence-corrected chi connectivity index (χ3v) is 19.5. The molecule has 564 valence electrons. The quantitative estimate of drug-likeness (QED) is 0.0222. The molecule has 0 aromatic rings. The number of phosphoric ester groups is 2. The van der Waals surface area contributed by atoms with E-state index in [1.807, 2.05) is 0 Å². The van der Waals surface area contributed by atoms with Crippen molar-refractivity contribution in [3.8, 4) is 0 Å². The van der Waals surface area contributed by atoms with Gasteiger partial charge < -0.3 is 33.8 Å². The van der Waals surface area contributed by atoms with Crippen molar-refractivity contribution in [1.82, 2.24) is 0 Å². The summed E-state index contributed by atoms with van der Waals surface area (Å²) in [5, 5.41) is 10.6. The van der Waals surface area contributed by atoms with E-state index >= 15 is 0 Å². The van der Waals surface area contributed by atoms with Gasteiger partial charge in [0.05, 0.1) is 26.4 Å². The lowest BCUT2D eigenvalue weighted by Crippen LogP contribution is -2.30. The number of unbranched alkanes of at least 4 members (excludes halogenated alkanes) is 42. The molecule has 3 N–H and O–H groups in total. The van der Waals surface area contributed by atoms with Gasteiger partial charge in [-0.25, -0.2) is 9.13 Å². The van der Waals surface area contributed by atoms with Crippen molar-refractivity contribution >= 4 is 39.5 Å². The molecule has 0 bridgehead atoms. The molecule has 0 aliphatic carbocycles. The number of carbonyl (C=O) groups excluding carboxylic acids is 4. The van der Waals surface area contributed by atoms with Crippen LogP contribution >= 0.6 is 15.6 Å². The van der Waals surface area contributed by atoms with Crippen LogP contribution in [0.25, 0.3) is 0 Å². The Morgan fingerprint density at radius 3 is 0.716 bits per heavy atom. The lowest BCUT2D eigenvalue weighted by molar-refractivity contribution is -0.161. The van der Waals surface area contributed by atoms with Crippen LogP contribution in [0.15, 0.2) is 0 Å². The zero-order valence-electron chi connectivity index (χ0n) is 62.1. The Morgan fingerprint density at radius 1 is 0.284 bits per heavy atom. The summed E-state index contributed by atoms with van der Waals surface area (Å²) in [7, 11) is -9.91. The summed E-state index contributed by atoms with van der Waals surface area (Å²) in [4.78, 5) is 72.7. The predicted molar refractivity (Wildman–Crippen MR) is 386 cm³/mol. The Morgan fingerprint density at radius 2 is 0.484 bits per heavy atom. The van der Waals surface area contributed by atoms with Gasteiger partial charge >= 0.3 is 39.5 Å². The first-order valence-electron chi connectivity index (χ1n) is 39.3. The second-order valence-corrected chi connectivity index (χ2v) is 31.7. The number of hydrogen-bond donors (Lipinski definition) is 3. The zero-order valence-corrected chi connectivity index (χ0v) is 63.9. The molecule has 19 heteroatoms. The molecule has 5 atom stereocenters. The summed E-state index contributed by atoms with van der Waals surface area (Å²) in [6.07, 6.45) is 52.9. The third-order valence-electron chi connectivity index (χ3n) is 17.6. The van der Waals surface area contributed by atoms with E-state index in [4.69, 9.17) is 37.0 Å². The Kier molecular flexibility index (Phi) is 65.2. The van der Waals surface area contributed by atoms with Crippen LogP contribution < -0.4 is 0 Å². The molecule has 0 aliphatic heterocycles. The molecule has 0 aromatic carbocycles. The molecule has 2 unspecified atom stereocenters. The monoisotopic (exact) mass is 1400 g/mol. The Balaban J connectivity index is 5.18. The van der Waals surface area contributed by atoms with E-state index in [0.29, 0.717) is 25.7 Å². The van der Waals surface area contributed by atoms with Crippen LogP contribution in [0.1, 0.15) is 389 Å². The summed E-state index contributed by atoms with van der Waals surface area (Å²) in [6.45, 7) is 11.9. The van der Waals surface area contributed by atoms with Gasteiger partial charge in [0.2, 0.25) is 0 Å². The van der Waals surface area contributed by atoms with Gasteiger partial charge in [-0.15, -0.1) is 0 Å². The van der Waals surface area contributed by atoms with Crippen molar-refractivity contribution in [2.24, 2.45) is 17.8 Å². The van der Waals surface area contributed by atoms with Gasteiger partial charge in [-0.3, -0.25) is 37.3 Å². The summed E-state index contributed by atoms with van der Waals surface area (Å²) < 4.78 is 68.4. The average Bonchev–Trinajstić information content (AvgIpc) is 1.44. The highest BCUT2D eigenvalue weighted by Crippen LogP contribution is 2.45. The van der Waals surface area contributed by atoms with E-state index < -0.39 is 97.5 Å². The number of aliphatic hydroxyl groups is 1. The summed E-state index contributed by atoms with van der Waals surface area (Å²) in [5.41, 5.74) is 0. The van der Waals surface area contributed by atoms with E-state index in [1.165, 1.54) is 193 Å². The van der Waals surface area contributed by atoms with E-state index in [1.54, 1.807) is 0 Å². The van der Waals surface area contributed by atoms with Crippen molar-refractivity contribution < 1.29 is 80.2 Å². The van der Waals surface area contributed by atoms with E-state index in [2.05, 4.69) is 48.5 Å². The van der Waals surface area contributed by atoms with Crippen LogP contribution in [-0.2, 0) is 65.4 Å². The van der Waals surface area contributed by atoms with Crippen molar-refractivity contribution in [3.05, 3.63) is 0 Å². The first kappa shape index (κ1) is 93.1. The molecule has 0 aliphatic rings. The molecule has 0 saturated heterocycles. The van der Waals surface area contributed by atoms with Gasteiger partial charge in [-0.1, -0.05) is 337 Å². The Labute approximate surface area is 581 Å². The lowest BCUT2D eigenvalue weighted by Gasteiger charge is -2.21. The molecular weight excluding hydrogens is 1250 g/mol. The molecule has 0 rings (SSSR count). The molecule has 0 aromatic heterocycles. The average molecular weight is 1400 g/mol. The number of phosphoric acid groups is 2. The van der Waals surface area contributed by atoms with Crippen molar-refractivity contribution in [2.75, 3.05) is 39.6 Å².